The second-order valence-corrected chi connectivity index (χ2v) is 6.29. The van der Waals surface area contributed by atoms with Gasteiger partial charge in [0.05, 0.1) is 0 Å². The SMILES string of the molecule is CC1CC(Nc2cccc(Cl)c2)CN1Cc1ccccc1. The average Bonchev–Trinajstić information content (AvgIpc) is 2.80. The van der Waals surface area contributed by atoms with Gasteiger partial charge in [-0.3, -0.25) is 4.90 Å². The van der Waals surface area contributed by atoms with Crippen LogP contribution in [0.5, 0.6) is 0 Å². The maximum Gasteiger partial charge on any atom is 0.0426 e. The fourth-order valence-corrected chi connectivity index (χ4v) is 3.25. The number of hydrogen-bond acceptors (Lipinski definition) is 2. The number of nitrogens with one attached hydrogen (secondary N) is 1. The zero-order chi connectivity index (χ0) is 14.7. The molecule has 2 aromatic rings. The first kappa shape index (κ1) is 14.4. The minimum atomic E-state index is 0.488. The van der Waals surface area contributed by atoms with Crippen LogP contribution < -0.4 is 5.32 Å². The maximum absolute atomic E-state index is 6.04. The highest BCUT2D eigenvalue weighted by Crippen LogP contribution is 2.24. The lowest BCUT2D eigenvalue weighted by Gasteiger charge is -2.21. The highest BCUT2D eigenvalue weighted by atomic mass is 35.5. The molecule has 1 fully saturated rings. The van der Waals surface area contributed by atoms with E-state index >= 15 is 0 Å². The van der Waals surface area contributed by atoms with Crippen molar-refractivity contribution in [2.45, 2.75) is 32.0 Å². The molecule has 2 aromatic carbocycles. The largest absolute Gasteiger partial charge is 0.381 e. The van der Waals surface area contributed by atoms with E-state index in [4.69, 9.17) is 11.6 Å². The lowest BCUT2D eigenvalue weighted by Crippen LogP contribution is -2.28. The molecule has 2 nitrogen and oxygen atoms in total. The van der Waals surface area contributed by atoms with Crippen molar-refractivity contribution < 1.29 is 0 Å². The fraction of sp³-hybridized carbons (Fsp3) is 0.333. The lowest BCUT2D eigenvalue weighted by atomic mass is 10.1. The molecule has 0 saturated carbocycles. The zero-order valence-corrected chi connectivity index (χ0v) is 13.1. The van der Waals surface area contributed by atoms with Crippen LogP contribution in [-0.4, -0.2) is 23.5 Å². The Labute approximate surface area is 131 Å². The number of nitrogens with zero attached hydrogens (tertiary/aromatic N) is 1. The van der Waals surface area contributed by atoms with Gasteiger partial charge in [-0.05, 0) is 37.1 Å². The summed E-state index contributed by atoms with van der Waals surface area (Å²) in [7, 11) is 0. The summed E-state index contributed by atoms with van der Waals surface area (Å²) in [6.45, 7) is 4.40. The quantitative estimate of drug-likeness (QED) is 0.899. The van der Waals surface area contributed by atoms with Gasteiger partial charge in [0.1, 0.15) is 0 Å². The Balaban J connectivity index is 1.61. The Hall–Kier alpha value is -1.51. The van der Waals surface area contributed by atoms with Crippen molar-refractivity contribution in [1.29, 1.82) is 0 Å². The molecule has 1 N–H and O–H groups in total. The van der Waals surface area contributed by atoms with E-state index in [1.165, 1.54) is 12.0 Å². The summed E-state index contributed by atoms with van der Waals surface area (Å²) < 4.78 is 0. The van der Waals surface area contributed by atoms with Gasteiger partial charge < -0.3 is 5.32 Å². The second kappa shape index (κ2) is 6.50. The predicted octanol–water partition coefficient (Wildman–Crippen LogP) is 4.41. The molecule has 0 bridgehead atoms. The first-order chi connectivity index (χ1) is 10.2. The summed E-state index contributed by atoms with van der Waals surface area (Å²) >= 11 is 6.04. The molecule has 2 unspecified atom stereocenters. The van der Waals surface area contributed by atoms with Gasteiger partial charge in [-0.15, -0.1) is 0 Å². The molecule has 1 aliphatic rings. The Bertz CT molecular complexity index is 585. The van der Waals surface area contributed by atoms with Crippen LogP contribution in [0, 0.1) is 0 Å². The number of benzene rings is 2. The molecule has 0 radical (unpaired) electrons. The van der Waals surface area contributed by atoms with Crippen LogP contribution in [0.1, 0.15) is 18.9 Å². The van der Waals surface area contributed by atoms with Crippen molar-refractivity contribution in [3.05, 3.63) is 65.2 Å². The van der Waals surface area contributed by atoms with Gasteiger partial charge >= 0.3 is 0 Å². The molecule has 1 heterocycles. The van der Waals surface area contributed by atoms with Gasteiger partial charge in [0, 0.05) is 35.9 Å². The first-order valence-electron chi connectivity index (χ1n) is 7.51. The van der Waals surface area contributed by atoms with Crippen molar-refractivity contribution >= 4 is 17.3 Å². The van der Waals surface area contributed by atoms with Crippen LogP contribution in [-0.2, 0) is 6.54 Å². The fourth-order valence-electron chi connectivity index (χ4n) is 3.06. The molecule has 110 valence electrons. The van der Waals surface area contributed by atoms with E-state index in [-0.39, 0.29) is 0 Å². The van der Waals surface area contributed by atoms with Crippen LogP contribution in [0.2, 0.25) is 5.02 Å². The van der Waals surface area contributed by atoms with E-state index < -0.39 is 0 Å². The minimum absolute atomic E-state index is 0.488. The lowest BCUT2D eigenvalue weighted by molar-refractivity contribution is 0.259. The summed E-state index contributed by atoms with van der Waals surface area (Å²) in [5, 5.41) is 4.39. The van der Waals surface area contributed by atoms with E-state index in [9.17, 15) is 0 Å². The number of halogens is 1. The summed E-state index contributed by atoms with van der Waals surface area (Å²) in [6.07, 6.45) is 1.17. The zero-order valence-electron chi connectivity index (χ0n) is 12.3. The van der Waals surface area contributed by atoms with Gasteiger partial charge in [-0.1, -0.05) is 48.0 Å². The monoisotopic (exact) mass is 300 g/mol. The van der Waals surface area contributed by atoms with Gasteiger partial charge in [0.25, 0.3) is 0 Å². The van der Waals surface area contributed by atoms with Crippen LogP contribution in [0.4, 0.5) is 5.69 Å². The smallest absolute Gasteiger partial charge is 0.0426 e. The maximum atomic E-state index is 6.04. The summed E-state index contributed by atoms with van der Waals surface area (Å²) in [5.41, 5.74) is 2.49. The molecule has 0 aromatic heterocycles. The average molecular weight is 301 g/mol. The molecule has 21 heavy (non-hydrogen) atoms. The summed E-state index contributed by atoms with van der Waals surface area (Å²) in [5.74, 6) is 0. The number of hydrogen-bond donors (Lipinski definition) is 1. The van der Waals surface area contributed by atoms with E-state index in [0.29, 0.717) is 12.1 Å². The molecule has 1 saturated heterocycles. The Morgan fingerprint density at radius 2 is 1.95 bits per heavy atom. The van der Waals surface area contributed by atoms with Crippen LogP contribution in [0.25, 0.3) is 0 Å². The topological polar surface area (TPSA) is 15.3 Å². The number of anilines is 1. The molecule has 1 aliphatic heterocycles. The normalized spacial score (nSPS) is 22.4. The minimum Gasteiger partial charge on any atom is -0.381 e. The molecule has 0 amide bonds. The van der Waals surface area contributed by atoms with Gasteiger partial charge in [0.15, 0.2) is 0 Å². The van der Waals surface area contributed by atoms with Crippen LogP contribution in [0.15, 0.2) is 54.6 Å². The molecule has 3 rings (SSSR count). The molecular weight excluding hydrogens is 280 g/mol. The highest BCUT2D eigenvalue weighted by Gasteiger charge is 2.28. The molecule has 0 aliphatic carbocycles. The Kier molecular flexibility index (Phi) is 4.47. The molecule has 0 spiro atoms. The van der Waals surface area contributed by atoms with E-state index in [1.54, 1.807) is 0 Å². The van der Waals surface area contributed by atoms with Crippen LogP contribution in [0.3, 0.4) is 0 Å². The second-order valence-electron chi connectivity index (χ2n) is 5.85. The van der Waals surface area contributed by atoms with Crippen molar-refractivity contribution in [1.82, 2.24) is 4.90 Å². The molecular formula is C18H21ClN2. The van der Waals surface area contributed by atoms with Gasteiger partial charge in [-0.25, -0.2) is 0 Å². The third-order valence-electron chi connectivity index (χ3n) is 4.13. The van der Waals surface area contributed by atoms with Crippen molar-refractivity contribution in [3.63, 3.8) is 0 Å². The molecule has 2 atom stereocenters. The molecule has 3 heteroatoms. The van der Waals surface area contributed by atoms with Crippen molar-refractivity contribution in [2.24, 2.45) is 0 Å². The summed E-state index contributed by atoms with van der Waals surface area (Å²) in [6, 6.07) is 19.7. The van der Waals surface area contributed by atoms with Gasteiger partial charge in [0.2, 0.25) is 0 Å². The third-order valence-corrected chi connectivity index (χ3v) is 4.36. The highest BCUT2D eigenvalue weighted by molar-refractivity contribution is 6.30. The predicted molar refractivity (Wildman–Crippen MR) is 89.8 cm³/mol. The van der Waals surface area contributed by atoms with E-state index in [2.05, 4.69) is 53.5 Å². The van der Waals surface area contributed by atoms with Crippen molar-refractivity contribution in [2.75, 3.05) is 11.9 Å². The Morgan fingerprint density at radius 1 is 1.14 bits per heavy atom. The summed E-state index contributed by atoms with van der Waals surface area (Å²) in [4.78, 5) is 2.54. The third kappa shape index (κ3) is 3.78. The number of rotatable bonds is 4. The van der Waals surface area contributed by atoms with Crippen LogP contribution >= 0.6 is 11.6 Å². The number of likely N-dealkylation sites (tertiary alicyclic amines) is 1. The standard InChI is InChI=1S/C18H21ClN2/c1-14-10-18(20-17-9-5-8-16(19)11-17)13-21(14)12-15-6-3-2-4-7-15/h2-9,11,14,18,20H,10,12-13H2,1H3. The van der Waals surface area contributed by atoms with Crippen molar-refractivity contribution in [3.8, 4) is 0 Å². The Morgan fingerprint density at radius 3 is 2.71 bits per heavy atom. The van der Waals surface area contributed by atoms with Gasteiger partial charge in [-0.2, -0.15) is 0 Å². The van der Waals surface area contributed by atoms with E-state index in [1.807, 2.05) is 18.2 Å². The van der Waals surface area contributed by atoms with E-state index in [0.717, 1.165) is 23.8 Å². The first-order valence-corrected chi connectivity index (χ1v) is 7.88.